The molecule has 4 rings (SSSR count). The molecule has 3 aromatic carbocycles. The van der Waals surface area contributed by atoms with Crippen LogP contribution in [0.15, 0.2) is 72.8 Å². The zero-order valence-electron chi connectivity index (χ0n) is 21.5. The molecule has 0 spiro atoms. The van der Waals surface area contributed by atoms with Crippen molar-refractivity contribution in [1.82, 2.24) is 9.97 Å². The average molecular weight is 469 g/mol. The van der Waals surface area contributed by atoms with Crippen molar-refractivity contribution in [3.63, 3.8) is 0 Å². The van der Waals surface area contributed by atoms with E-state index >= 15 is 0 Å². The van der Waals surface area contributed by atoms with E-state index in [2.05, 4.69) is 116 Å². The monoisotopic (exact) mass is 468 g/mol. The molecule has 0 aliphatic heterocycles. The van der Waals surface area contributed by atoms with E-state index in [0.29, 0.717) is 0 Å². The van der Waals surface area contributed by atoms with Gasteiger partial charge in [0, 0.05) is 69.5 Å². The maximum atomic E-state index is 5.47. The number of nitrogens with one attached hydrogen (secondary N) is 1. The Hall–Kier alpha value is -3.57. The first kappa shape index (κ1) is 24.6. The highest BCUT2D eigenvalue weighted by Crippen LogP contribution is 2.34. The number of aromatic amines is 1. The maximum Gasteiger partial charge on any atom is 0.138 e. The fourth-order valence-corrected chi connectivity index (χ4v) is 4.12. The van der Waals surface area contributed by atoms with Crippen LogP contribution >= 0.6 is 0 Å². The molecule has 0 aliphatic rings. The second-order valence-corrected chi connectivity index (χ2v) is 9.19. The smallest absolute Gasteiger partial charge is 0.138 e. The summed E-state index contributed by atoms with van der Waals surface area (Å²) in [6.45, 7) is 3.62. The van der Waals surface area contributed by atoms with Crippen molar-refractivity contribution in [1.29, 1.82) is 0 Å². The van der Waals surface area contributed by atoms with Gasteiger partial charge in [-0.3, -0.25) is 0 Å². The van der Waals surface area contributed by atoms with Crippen molar-refractivity contribution in [3.05, 3.63) is 78.4 Å². The van der Waals surface area contributed by atoms with Gasteiger partial charge in [0.15, 0.2) is 0 Å². The van der Waals surface area contributed by atoms with Crippen molar-refractivity contribution < 1.29 is 4.74 Å². The lowest BCUT2D eigenvalue weighted by molar-refractivity contribution is 0.145. The van der Waals surface area contributed by atoms with Crippen molar-refractivity contribution >= 4 is 11.4 Å². The third-order valence-corrected chi connectivity index (χ3v) is 6.22. The summed E-state index contributed by atoms with van der Waals surface area (Å²) >= 11 is 0. The SMILES string of the molecule is CCOCCCc1ccc(-c2nc(-c3ccc(N(C)C)cc3)c(-c3ccc(N(C)C)cc3)[nH]2)cc1. The van der Waals surface area contributed by atoms with Crippen molar-refractivity contribution in [2.45, 2.75) is 19.8 Å². The lowest BCUT2D eigenvalue weighted by atomic mass is 10.0. The molecule has 0 saturated heterocycles. The summed E-state index contributed by atoms with van der Waals surface area (Å²) in [5.41, 5.74) is 8.95. The van der Waals surface area contributed by atoms with Crippen LogP contribution in [0.5, 0.6) is 0 Å². The first-order valence-corrected chi connectivity index (χ1v) is 12.3. The standard InChI is InChI=1S/C30H36N4O/c1-6-35-21-7-8-22-9-11-25(12-10-22)30-31-28(23-13-17-26(18-14-23)33(2)3)29(32-30)24-15-19-27(20-16-24)34(4)5/h9-20H,6-8,21H2,1-5H3,(H,31,32). The Morgan fingerprint density at radius 1 is 0.714 bits per heavy atom. The minimum atomic E-state index is 0.776. The molecular formula is C30H36N4O. The van der Waals surface area contributed by atoms with E-state index < -0.39 is 0 Å². The van der Waals surface area contributed by atoms with Gasteiger partial charge in [-0.1, -0.05) is 48.5 Å². The van der Waals surface area contributed by atoms with Crippen LogP contribution in [0.3, 0.4) is 0 Å². The molecule has 0 amide bonds. The van der Waals surface area contributed by atoms with E-state index in [1.807, 2.05) is 6.92 Å². The second kappa shape index (κ2) is 11.2. The second-order valence-electron chi connectivity index (χ2n) is 9.19. The van der Waals surface area contributed by atoms with Crippen molar-refractivity contribution in [2.24, 2.45) is 0 Å². The molecule has 0 aliphatic carbocycles. The highest BCUT2D eigenvalue weighted by atomic mass is 16.5. The predicted octanol–water partition coefficient (Wildman–Crippen LogP) is 6.51. The average Bonchev–Trinajstić information content (AvgIpc) is 3.32. The lowest BCUT2D eigenvalue weighted by Crippen LogP contribution is -2.08. The molecule has 0 saturated carbocycles. The molecule has 1 aromatic heterocycles. The molecule has 0 fully saturated rings. The largest absolute Gasteiger partial charge is 0.382 e. The molecule has 5 nitrogen and oxygen atoms in total. The molecule has 0 atom stereocenters. The topological polar surface area (TPSA) is 44.4 Å². The summed E-state index contributed by atoms with van der Waals surface area (Å²) < 4.78 is 5.47. The number of benzene rings is 3. The molecule has 0 unspecified atom stereocenters. The Bertz CT molecular complexity index is 1140. The molecule has 182 valence electrons. The fourth-order valence-electron chi connectivity index (χ4n) is 4.12. The normalized spacial score (nSPS) is 11.0. The zero-order chi connectivity index (χ0) is 24.8. The molecular weight excluding hydrogens is 432 g/mol. The Balaban J connectivity index is 1.68. The Kier molecular flexibility index (Phi) is 7.88. The fraction of sp³-hybridized carbons (Fsp3) is 0.300. The minimum Gasteiger partial charge on any atom is -0.382 e. The van der Waals surface area contributed by atoms with E-state index in [4.69, 9.17) is 9.72 Å². The molecule has 4 aromatic rings. The third kappa shape index (κ3) is 5.92. The summed E-state index contributed by atoms with van der Waals surface area (Å²) in [5, 5.41) is 0. The number of hydrogen-bond acceptors (Lipinski definition) is 4. The van der Waals surface area contributed by atoms with E-state index in [1.54, 1.807) is 0 Å². The third-order valence-electron chi connectivity index (χ3n) is 6.22. The predicted molar refractivity (Wildman–Crippen MR) is 148 cm³/mol. The number of H-pyrrole nitrogens is 1. The zero-order valence-corrected chi connectivity index (χ0v) is 21.5. The summed E-state index contributed by atoms with van der Waals surface area (Å²) in [5.74, 6) is 0.879. The van der Waals surface area contributed by atoms with Crippen LogP contribution in [0.4, 0.5) is 11.4 Å². The van der Waals surface area contributed by atoms with Crippen LogP contribution in [0.2, 0.25) is 0 Å². The summed E-state index contributed by atoms with van der Waals surface area (Å²) in [6, 6.07) is 25.9. The number of nitrogens with zero attached hydrogens (tertiary/aromatic N) is 3. The Morgan fingerprint density at radius 2 is 1.26 bits per heavy atom. The van der Waals surface area contributed by atoms with Crippen molar-refractivity contribution in [3.8, 4) is 33.9 Å². The number of anilines is 2. The number of ether oxygens (including phenoxy) is 1. The van der Waals surface area contributed by atoms with Crippen molar-refractivity contribution in [2.75, 3.05) is 51.2 Å². The molecule has 1 N–H and O–H groups in total. The summed E-state index contributed by atoms with van der Waals surface area (Å²) in [7, 11) is 8.23. The van der Waals surface area contributed by atoms with Gasteiger partial charge >= 0.3 is 0 Å². The van der Waals surface area contributed by atoms with Gasteiger partial charge in [0.2, 0.25) is 0 Å². The van der Waals surface area contributed by atoms with Gasteiger partial charge in [-0.15, -0.1) is 0 Å². The molecule has 0 radical (unpaired) electrons. The van der Waals surface area contributed by atoms with Crippen LogP contribution < -0.4 is 9.80 Å². The van der Waals surface area contributed by atoms with Crippen LogP contribution in [0, 0.1) is 0 Å². The van der Waals surface area contributed by atoms with E-state index in [1.165, 1.54) is 16.9 Å². The summed E-state index contributed by atoms with van der Waals surface area (Å²) in [6.07, 6.45) is 2.06. The highest BCUT2D eigenvalue weighted by Gasteiger charge is 2.16. The minimum absolute atomic E-state index is 0.776. The van der Waals surface area contributed by atoms with Gasteiger partial charge in [-0.25, -0.2) is 4.98 Å². The summed E-state index contributed by atoms with van der Waals surface area (Å²) in [4.78, 5) is 12.9. The van der Waals surface area contributed by atoms with Gasteiger partial charge in [0.25, 0.3) is 0 Å². The van der Waals surface area contributed by atoms with Gasteiger partial charge in [0.05, 0.1) is 11.4 Å². The van der Waals surface area contributed by atoms with E-state index in [9.17, 15) is 0 Å². The molecule has 5 heteroatoms. The van der Waals surface area contributed by atoms with Gasteiger partial charge in [-0.05, 0) is 49.6 Å². The van der Waals surface area contributed by atoms with E-state index in [-0.39, 0.29) is 0 Å². The Morgan fingerprint density at radius 3 is 1.80 bits per heavy atom. The molecule has 0 bridgehead atoms. The number of aromatic nitrogens is 2. The van der Waals surface area contributed by atoms with Crippen LogP contribution in [0.1, 0.15) is 18.9 Å². The molecule has 35 heavy (non-hydrogen) atoms. The van der Waals surface area contributed by atoms with Gasteiger partial charge in [-0.2, -0.15) is 0 Å². The lowest BCUT2D eigenvalue weighted by Gasteiger charge is -2.13. The van der Waals surface area contributed by atoms with Crippen LogP contribution in [0.25, 0.3) is 33.9 Å². The van der Waals surface area contributed by atoms with Crippen LogP contribution in [-0.2, 0) is 11.2 Å². The van der Waals surface area contributed by atoms with Gasteiger partial charge in [0.1, 0.15) is 5.82 Å². The highest BCUT2D eigenvalue weighted by molar-refractivity contribution is 5.82. The number of rotatable bonds is 10. The molecule has 1 heterocycles. The number of imidazole rings is 1. The number of aryl methyl sites for hydroxylation is 1. The van der Waals surface area contributed by atoms with Gasteiger partial charge < -0.3 is 19.5 Å². The van der Waals surface area contributed by atoms with E-state index in [0.717, 1.165) is 60.0 Å². The Labute approximate surface area is 209 Å². The van der Waals surface area contributed by atoms with Crippen LogP contribution in [-0.4, -0.2) is 51.4 Å². The first-order valence-electron chi connectivity index (χ1n) is 12.3. The first-order chi connectivity index (χ1) is 17.0. The quantitative estimate of drug-likeness (QED) is 0.269. The number of hydrogen-bond donors (Lipinski definition) is 1. The maximum absolute atomic E-state index is 5.47.